The zero-order chi connectivity index (χ0) is 19.1. The van der Waals surface area contributed by atoms with Gasteiger partial charge in [0.05, 0.1) is 6.10 Å². The number of nitrogens with two attached hydrogens (primary N) is 1. The van der Waals surface area contributed by atoms with Gasteiger partial charge in [0.2, 0.25) is 5.91 Å². The summed E-state index contributed by atoms with van der Waals surface area (Å²) in [7, 11) is 0. The minimum absolute atomic E-state index is 0. The Balaban J connectivity index is 0.00000196. The van der Waals surface area contributed by atoms with E-state index in [0.717, 1.165) is 17.6 Å². The molecule has 0 spiro atoms. The Morgan fingerprint density at radius 3 is 2.57 bits per heavy atom. The maximum absolute atomic E-state index is 12.9. The molecule has 1 amide bonds. The predicted molar refractivity (Wildman–Crippen MR) is 121 cm³/mol. The van der Waals surface area contributed by atoms with Crippen molar-refractivity contribution in [3.8, 4) is 0 Å². The lowest BCUT2D eigenvalue weighted by molar-refractivity contribution is -0.166. The van der Waals surface area contributed by atoms with Crippen molar-refractivity contribution in [2.45, 2.75) is 59.2 Å². The lowest BCUT2D eigenvalue weighted by atomic mass is 9.54. The van der Waals surface area contributed by atoms with Crippen LogP contribution in [-0.2, 0) is 16.1 Å². The number of ether oxygens (including phenoxy) is 1. The second kappa shape index (κ2) is 9.04. The summed E-state index contributed by atoms with van der Waals surface area (Å²) in [6.45, 7) is 12.0. The molecule has 0 radical (unpaired) electrons. The number of fused-ring (bicyclic) bond motifs is 1. The first-order valence-corrected chi connectivity index (χ1v) is 9.50. The van der Waals surface area contributed by atoms with Gasteiger partial charge >= 0.3 is 0 Å². The van der Waals surface area contributed by atoms with E-state index in [1.807, 2.05) is 32.9 Å². The Hall–Kier alpha value is -1.27. The Morgan fingerprint density at radius 2 is 2.00 bits per heavy atom. The summed E-state index contributed by atoms with van der Waals surface area (Å²) >= 11 is 0. The number of nitrogens with one attached hydrogen (secondary N) is 1. The third-order valence-corrected chi connectivity index (χ3v) is 5.83. The first kappa shape index (κ1) is 24.8. The summed E-state index contributed by atoms with van der Waals surface area (Å²) in [4.78, 5) is 12.9. The lowest BCUT2D eigenvalue weighted by Crippen LogP contribution is -2.74. The molecule has 0 aliphatic heterocycles. The molecule has 1 heterocycles. The molecule has 2 atom stereocenters. The molecule has 158 valence electrons. The molecule has 3 N–H and O–H groups in total. The van der Waals surface area contributed by atoms with Crippen LogP contribution in [0.2, 0.25) is 0 Å². The number of aromatic nitrogens is 1. The van der Waals surface area contributed by atoms with Gasteiger partial charge in [-0.3, -0.25) is 4.79 Å². The van der Waals surface area contributed by atoms with Crippen LogP contribution in [0.5, 0.6) is 0 Å². The van der Waals surface area contributed by atoms with Gasteiger partial charge in [-0.05, 0) is 37.1 Å². The second-order valence-corrected chi connectivity index (χ2v) is 8.43. The van der Waals surface area contributed by atoms with Gasteiger partial charge in [0, 0.05) is 47.8 Å². The monoisotopic (exact) mass is 429 g/mol. The fourth-order valence-corrected chi connectivity index (χ4v) is 3.89. The summed E-state index contributed by atoms with van der Waals surface area (Å²) in [5, 5.41) is 4.14. The Labute approximate surface area is 180 Å². The van der Waals surface area contributed by atoms with E-state index in [1.54, 1.807) is 0 Å². The topological polar surface area (TPSA) is 69.3 Å². The number of hydrogen-bond acceptors (Lipinski definition) is 3. The molecule has 0 bridgehead atoms. The lowest BCUT2D eigenvalue weighted by Gasteiger charge is -2.57. The molecule has 0 saturated heterocycles. The van der Waals surface area contributed by atoms with Crippen LogP contribution in [0.15, 0.2) is 30.5 Å². The van der Waals surface area contributed by atoms with Crippen LogP contribution in [-0.4, -0.2) is 28.7 Å². The zero-order valence-corrected chi connectivity index (χ0v) is 19.0. The van der Waals surface area contributed by atoms with E-state index in [9.17, 15) is 4.79 Å². The van der Waals surface area contributed by atoms with Crippen molar-refractivity contribution in [1.29, 1.82) is 0 Å². The van der Waals surface area contributed by atoms with Crippen LogP contribution in [0, 0.1) is 11.3 Å². The van der Waals surface area contributed by atoms with Crippen LogP contribution in [0.4, 0.5) is 5.69 Å². The smallest absolute Gasteiger partial charge is 0.245 e. The van der Waals surface area contributed by atoms with Crippen molar-refractivity contribution in [2.24, 2.45) is 17.1 Å². The molecule has 5 nitrogen and oxygen atoms in total. The van der Waals surface area contributed by atoms with Crippen LogP contribution >= 0.6 is 24.8 Å². The Morgan fingerprint density at radius 1 is 1.32 bits per heavy atom. The summed E-state index contributed by atoms with van der Waals surface area (Å²) in [6.07, 6.45) is 2.67. The number of rotatable bonds is 6. The van der Waals surface area contributed by atoms with Gasteiger partial charge in [-0.1, -0.05) is 27.7 Å². The van der Waals surface area contributed by atoms with Crippen LogP contribution in [0.25, 0.3) is 10.9 Å². The van der Waals surface area contributed by atoms with E-state index < -0.39 is 11.0 Å². The third-order valence-electron chi connectivity index (χ3n) is 5.83. The number of amides is 1. The summed E-state index contributed by atoms with van der Waals surface area (Å²) < 4.78 is 7.97. The van der Waals surface area contributed by atoms with Crippen LogP contribution in [0.1, 0.15) is 41.0 Å². The van der Waals surface area contributed by atoms with E-state index in [2.05, 4.69) is 42.1 Å². The highest BCUT2D eigenvalue weighted by Crippen LogP contribution is 2.50. The van der Waals surface area contributed by atoms with Crippen molar-refractivity contribution in [2.75, 3.05) is 11.9 Å². The van der Waals surface area contributed by atoms with E-state index in [-0.39, 0.29) is 36.8 Å². The molecule has 7 heteroatoms. The fourth-order valence-electron chi connectivity index (χ4n) is 3.89. The van der Waals surface area contributed by atoms with Gasteiger partial charge in [-0.15, -0.1) is 24.8 Å². The molecular weight excluding hydrogens is 397 g/mol. The summed E-state index contributed by atoms with van der Waals surface area (Å²) in [6, 6.07) is 8.11. The van der Waals surface area contributed by atoms with Gasteiger partial charge in [-0.2, -0.15) is 0 Å². The number of carbonyl (C=O) groups is 1. The number of benzene rings is 1. The quantitative estimate of drug-likeness (QED) is 0.703. The van der Waals surface area contributed by atoms with Gasteiger partial charge in [0.25, 0.3) is 0 Å². The molecule has 2 aromatic rings. The zero-order valence-electron chi connectivity index (χ0n) is 17.3. The first-order chi connectivity index (χ1) is 12.2. The van der Waals surface area contributed by atoms with Crippen molar-refractivity contribution < 1.29 is 9.53 Å². The number of anilines is 1. The van der Waals surface area contributed by atoms with E-state index in [1.165, 1.54) is 5.52 Å². The third kappa shape index (κ3) is 4.18. The van der Waals surface area contributed by atoms with Crippen LogP contribution in [0.3, 0.4) is 0 Å². The van der Waals surface area contributed by atoms with Gasteiger partial charge in [0.1, 0.15) is 5.54 Å². The average molecular weight is 430 g/mol. The molecule has 2 unspecified atom stereocenters. The molecule has 1 saturated carbocycles. The molecule has 1 aliphatic rings. The van der Waals surface area contributed by atoms with Crippen molar-refractivity contribution in [1.82, 2.24) is 4.57 Å². The van der Waals surface area contributed by atoms with Gasteiger partial charge in [-0.25, -0.2) is 0 Å². The highest BCUT2D eigenvalue weighted by molar-refractivity contribution is 6.01. The summed E-state index contributed by atoms with van der Waals surface area (Å²) in [5.74, 6) is 0.445. The maximum Gasteiger partial charge on any atom is 0.245 e. The predicted octanol–water partition coefficient (Wildman–Crippen LogP) is 4.61. The van der Waals surface area contributed by atoms with E-state index >= 15 is 0 Å². The van der Waals surface area contributed by atoms with E-state index in [0.29, 0.717) is 18.9 Å². The van der Waals surface area contributed by atoms with E-state index in [4.69, 9.17) is 10.5 Å². The second-order valence-electron chi connectivity index (χ2n) is 8.43. The minimum atomic E-state index is -0.911. The van der Waals surface area contributed by atoms with Crippen molar-refractivity contribution in [3.05, 3.63) is 30.5 Å². The molecule has 28 heavy (non-hydrogen) atoms. The molecule has 3 rings (SSSR count). The van der Waals surface area contributed by atoms with Crippen molar-refractivity contribution in [3.63, 3.8) is 0 Å². The van der Waals surface area contributed by atoms with Crippen LogP contribution < -0.4 is 11.1 Å². The molecular formula is C21H33Cl2N3O2. The standard InChI is InChI=1S/C21H31N3O2.2ClH/c1-6-26-18-12-21(22,20(18,4)5)19(25)23-16-7-8-17-15(11-16)9-10-24(17)13-14(2)3;;/h7-11,14,18H,6,12-13,22H2,1-5H3,(H,23,25);2*1H. The Kier molecular flexibility index (Phi) is 7.99. The number of carbonyl (C=O) groups excluding carboxylic acids is 1. The largest absolute Gasteiger partial charge is 0.378 e. The SMILES string of the molecule is CCOC1CC(N)(C(=O)Nc2ccc3c(ccn3CC(C)C)c2)C1(C)C.Cl.Cl. The minimum Gasteiger partial charge on any atom is -0.378 e. The van der Waals surface area contributed by atoms with Crippen molar-refractivity contribution >= 4 is 47.3 Å². The normalized spacial score (nSPS) is 22.9. The fraction of sp³-hybridized carbons (Fsp3) is 0.571. The van der Waals surface area contributed by atoms with Gasteiger partial charge < -0.3 is 20.4 Å². The highest BCUT2D eigenvalue weighted by atomic mass is 35.5. The maximum atomic E-state index is 12.9. The number of hydrogen-bond donors (Lipinski definition) is 2. The number of nitrogens with zero attached hydrogens (tertiary/aromatic N) is 1. The number of halogens is 2. The molecule has 1 aromatic carbocycles. The molecule has 1 fully saturated rings. The Bertz CT molecular complexity index is 819. The van der Waals surface area contributed by atoms with Gasteiger partial charge in [0.15, 0.2) is 0 Å². The summed E-state index contributed by atoms with van der Waals surface area (Å²) in [5.41, 5.74) is 7.13. The average Bonchev–Trinajstić information content (AvgIpc) is 2.96. The molecule has 1 aliphatic carbocycles. The molecule has 1 aromatic heterocycles. The highest BCUT2D eigenvalue weighted by Gasteiger charge is 2.62. The first-order valence-electron chi connectivity index (χ1n) is 9.50.